The number of aryl methyl sites for hydroxylation is 1. The summed E-state index contributed by atoms with van der Waals surface area (Å²) in [5, 5.41) is 3.25. The molecule has 0 aliphatic heterocycles. The van der Waals surface area contributed by atoms with Gasteiger partial charge in [0.15, 0.2) is 6.29 Å². The Hall–Kier alpha value is -1.38. The maximum Gasteiger partial charge on any atom is 0.151 e. The van der Waals surface area contributed by atoms with Crippen molar-refractivity contribution in [3.05, 3.63) is 23.4 Å². The van der Waals surface area contributed by atoms with E-state index in [1.54, 1.807) is 6.20 Å². The zero-order valence-electron chi connectivity index (χ0n) is 9.09. The van der Waals surface area contributed by atoms with Gasteiger partial charge in [-0.2, -0.15) is 0 Å². The summed E-state index contributed by atoms with van der Waals surface area (Å²) in [4.78, 5) is 14.7. The lowest BCUT2D eigenvalue weighted by Gasteiger charge is -2.21. The van der Waals surface area contributed by atoms with Crippen LogP contribution in [0.1, 0.15) is 36.7 Å². The van der Waals surface area contributed by atoms with Crippen LogP contribution in [0.15, 0.2) is 12.3 Å². The molecule has 0 saturated carbocycles. The summed E-state index contributed by atoms with van der Waals surface area (Å²) in [7, 11) is 0. The van der Waals surface area contributed by atoms with Crippen molar-refractivity contribution in [3.8, 4) is 0 Å². The van der Waals surface area contributed by atoms with E-state index in [1.165, 1.54) is 0 Å². The standard InChI is InChI=1S/C11H16N2O/c1-8-5-10(13-11(2,3)4)12-6-9(8)7-14/h5-7H,1-4H3,(H,12,13). The van der Waals surface area contributed by atoms with E-state index in [2.05, 4.69) is 31.1 Å². The number of nitrogens with one attached hydrogen (secondary N) is 1. The number of pyridine rings is 1. The Balaban J connectivity index is 2.92. The number of carbonyl (C=O) groups excluding carboxylic acids is 1. The largest absolute Gasteiger partial charge is 0.365 e. The minimum atomic E-state index is -0.0118. The Bertz CT molecular complexity index is 340. The number of aromatic nitrogens is 1. The summed E-state index contributed by atoms with van der Waals surface area (Å²) in [6.07, 6.45) is 2.42. The van der Waals surface area contributed by atoms with Crippen molar-refractivity contribution in [1.29, 1.82) is 0 Å². The normalized spacial score (nSPS) is 11.1. The number of nitrogens with zero attached hydrogens (tertiary/aromatic N) is 1. The second kappa shape index (κ2) is 3.78. The molecule has 0 spiro atoms. The summed E-state index contributed by atoms with van der Waals surface area (Å²) in [5.74, 6) is 0.806. The van der Waals surface area contributed by atoms with Crippen LogP contribution in [0.2, 0.25) is 0 Å². The summed E-state index contributed by atoms with van der Waals surface area (Å²) < 4.78 is 0. The van der Waals surface area contributed by atoms with Gasteiger partial charge in [-0.25, -0.2) is 4.98 Å². The Morgan fingerprint density at radius 3 is 2.50 bits per heavy atom. The highest BCUT2D eigenvalue weighted by Gasteiger charge is 2.10. The van der Waals surface area contributed by atoms with Crippen LogP contribution < -0.4 is 5.32 Å². The number of anilines is 1. The van der Waals surface area contributed by atoms with E-state index in [-0.39, 0.29) is 5.54 Å². The molecule has 1 aromatic heterocycles. The Kier molecular flexibility index (Phi) is 2.89. The van der Waals surface area contributed by atoms with Crippen LogP contribution in [0, 0.1) is 6.92 Å². The number of aldehydes is 1. The molecule has 0 aromatic carbocycles. The first-order valence-corrected chi connectivity index (χ1v) is 4.62. The molecule has 0 unspecified atom stereocenters. The Labute approximate surface area is 84.6 Å². The highest BCUT2D eigenvalue weighted by Crippen LogP contribution is 2.14. The van der Waals surface area contributed by atoms with E-state index in [0.717, 1.165) is 17.7 Å². The van der Waals surface area contributed by atoms with Crippen LogP contribution in [0.3, 0.4) is 0 Å². The van der Waals surface area contributed by atoms with Crippen molar-refractivity contribution in [3.63, 3.8) is 0 Å². The third-order valence-electron chi connectivity index (χ3n) is 1.78. The first-order valence-electron chi connectivity index (χ1n) is 4.62. The quantitative estimate of drug-likeness (QED) is 0.732. The van der Waals surface area contributed by atoms with Crippen molar-refractivity contribution in [2.45, 2.75) is 33.2 Å². The first-order chi connectivity index (χ1) is 6.42. The van der Waals surface area contributed by atoms with Gasteiger partial charge in [0.1, 0.15) is 5.82 Å². The minimum Gasteiger partial charge on any atom is -0.365 e. The molecule has 1 N–H and O–H groups in total. The average Bonchev–Trinajstić information content (AvgIpc) is 2.01. The molecular weight excluding hydrogens is 176 g/mol. The predicted molar refractivity (Wildman–Crippen MR) is 57.7 cm³/mol. The van der Waals surface area contributed by atoms with Gasteiger partial charge in [0.05, 0.1) is 0 Å². The lowest BCUT2D eigenvalue weighted by molar-refractivity contribution is 0.112. The van der Waals surface area contributed by atoms with Crippen LogP contribution in [0.4, 0.5) is 5.82 Å². The maximum atomic E-state index is 10.6. The minimum absolute atomic E-state index is 0.0118. The molecule has 0 bridgehead atoms. The van der Waals surface area contributed by atoms with Crippen molar-refractivity contribution in [1.82, 2.24) is 4.98 Å². The highest BCUT2D eigenvalue weighted by molar-refractivity contribution is 5.77. The summed E-state index contributed by atoms with van der Waals surface area (Å²) in [5.41, 5.74) is 1.58. The third kappa shape index (κ3) is 2.83. The second-order valence-electron chi connectivity index (χ2n) is 4.42. The third-order valence-corrected chi connectivity index (χ3v) is 1.78. The van der Waals surface area contributed by atoms with Gasteiger partial charge in [0, 0.05) is 17.3 Å². The van der Waals surface area contributed by atoms with E-state index >= 15 is 0 Å². The molecule has 0 fully saturated rings. The summed E-state index contributed by atoms with van der Waals surface area (Å²) in [6.45, 7) is 8.10. The molecule has 1 aromatic rings. The average molecular weight is 192 g/mol. The van der Waals surface area contributed by atoms with Crippen LogP contribution >= 0.6 is 0 Å². The Morgan fingerprint density at radius 1 is 1.43 bits per heavy atom. The molecule has 0 saturated heterocycles. The number of hydrogen-bond donors (Lipinski definition) is 1. The Morgan fingerprint density at radius 2 is 2.07 bits per heavy atom. The molecule has 0 aliphatic rings. The monoisotopic (exact) mass is 192 g/mol. The zero-order valence-corrected chi connectivity index (χ0v) is 9.09. The lowest BCUT2D eigenvalue weighted by atomic mass is 10.1. The van der Waals surface area contributed by atoms with E-state index in [0.29, 0.717) is 5.56 Å². The van der Waals surface area contributed by atoms with Crippen LogP contribution in [-0.4, -0.2) is 16.8 Å². The molecule has 1 rings (SSSR count). The van der Waals surface area contributed by atoms with Crippen LogP contribution in [0.25, 0.3) is 0 Å². The van der Waals surface area contributed by atoms with Gasteiger partial charge in [0.2, 0.25) is 0 Å². The fourth-order valence-electron chi connectivity index (χ4n) is 1.14. The molecule has 0 atom stereocenters. The zero-order chi connectivity index (χ0) is 10.8. The van der Waals surface area contributed by atoms with Crippen molar-refractivity contribution < 1.29 is 4.79 Å². The smallest absolute Gasteiger partial charge is 0.151 e. The number of rotatable bonds is 2. The highest BCUT2D eigenvalue weighted by atomic mass is 16.1. The van der Waals surface area contributed by atoms with Gasteiger partial charge < -0.3 is 5.32 Å². The second-order valence-corrected chi connectivity index (χ2v) is 4.42. The van der Waals surface area contributed by atoms with Gasteiger partial charge in [-0.3, -0.25) is 4.79 Å². The molecule has 3 nitrogen and oxygen atoms in total. The van der Waals surface area contributed by atoms with E-state index < -0.39 is 0 Å². The molecule has 76 valence electrons. The number of carbonyl (C=O) groups is 1. The molecule has 0 radical (unpaired) electrons. The van der Waals surface area contributed by atoms with E-state index in [1.807, 2.05) is 13.0 Å². The summed E-state index contributed by atoms with van der Waals surface area (Å²) in [6, 6.07) is 1.88. The van der Waals surface area contributed by atoms with Gasteiger partial charge in [-0.1, -0.05) is 0 Å². The van der Waals surface area contributed by atoms with E-state index in [9.17, 15) is 4.79 Å². The van der Waals surface area contributed by atoms with Gasteiger partial charge in [0.25, 0.3) is 0 Å². The number of hydrogen-bond acceptors (Lipinski definition) is 3. The van der Waals surface area contributed by atoms with Crippen LogP contribution in [-0.2, 0) is 0 Å². The summed E-state index contributed by atoms with van der Waals surface area (Å²) >= 11 is 0. The fraction of sp³-hybridized carbons (Fsp3) is 0.455. The molecule has 14 heavy (non-hydrogen) atoms. The molecule has 1 heterocycles. The lowest BCUT2D eigenvalue weighted by Crippen LogP contribution is -2.26. The molecular formula is C11H16N2O. The van der Waals surface area contributed by atoms with Crippen molar-refractivity contribution >= 4 is 12.1 Å². The maximum absolute atomic E-state index is 10.6. The SMILES string of the molecule is Cc1cc(NC(C)(C)C)ncc1C=O. The van der Waals surface area contributed by atoms with Crippen molar-refractivity contribution in [2.75, 3.05) is 5.32 Å². The molecule has 3 heteroatoms. The fourth-order valence-corrected chi connectivity index (χ4v) is 1.14. The van der Waals surface area contributed by atoms with Crippen molar-refractivity contribution in [2.24, 2.45) is 0 Å². The van der Waals surface area contributed by atoms with Gasteiger partial charge in [-0.15, -0.1) is 0 Å². The topological polar surface area (TPSA) is 42.0 Å². The van der Waals surface area contributed by atoms with Gasteiger partial charge >= 0.3 is 0 Å². The first kappa shape index (κ1) is 10.7. The van der Waals surface area contributed by atoms with Crippen LogP contribution in [0.5, 0.6) is 0 Å². The van der Waals surface area contributed by atoms with Gasteiger partial charge in [-0.05, 0) is 39.3 Å². The predicted octanol–water partition coefficient (Wildman–Crippen LogP) is 2.41. The van der Waals surface area contributed by atoms with E-state index in [4.69, 9.17) is 0 Å². The molecule has 0 amide bonds. The molecule has 0 aliphatic carbocycles.